The van der Waals surface area contributed by atoms with E-state index in [9.17, 15) is 4.39 Å². The summed E-state index contributed by atoms with van der Waals surface area (Å²) in [5, 5.41) is 3.49. The maximum Gasteiger partial charge on any atom is 0.165 e. The van der Waals surface area contributed by atoms with Crippen LogP contribution < -0.4 is 10.1 Å². The smallest absolute Gasteiger partial charge is 0.165 e. The quantitative estimate of drug-likeness (QED) is 0.848. The van der Waals surface area contributed by atoms with Crippen LogP contribution >= 0.6 is 0 Å². The summed E-state index contributed by atoms with van der Waals surface area (Å²) in [5.74, 6) is 0.849. The Balaban J connectivity index is 1.95. The summed E-state index contributed by atoms with van der Waals surface area (Å²) in [6.07, 6.45) is 4.05. The van der Waals surface area contributed by atoms with Gasteiger partial charge in [0.1, 0.15) is 0 Å². The van der Waals surface area contributed by atoms with Crippen molar-refractivity contribution in [1.29, 1.82) is 0 Å². The third-order valence-corrected chi connectivity index (χ3v) is 3.61. The van der Waals surface area contributed by atoms with Gasteiger partial charge < -0.3 is 10.1 Å². The van der Waals surface area contributed by atoms with Crippen LogP contribution in [0.5, 0.6) is 5.75 Å². The van der Waals surface area contributed by atoms with Crippen molar-refractivity contribution in [2.45, 2.75) is 32.2 Å². The normalized spacial score (nSPS) is 17.6. The second-order valence-corrected chi connectivity index (χ2v) is 4.82. The molecule has 1 atom stereocenters. The van der Waals surface area contributed by atoms with Crippen molar-refractivity contribution in [1.82, 2.24) is 5.32 Å². The highest BCUT2D eigenvalue weighted by molar-refractivity contribution is 5.31. The highest BCUT2D eigenvalue weighted by Gasteiger charge is 2.18. The second-order valence-electron chi connectivity index (χ2n) is 4.82. The molecule has 2 rings (SSSR count). The molecule has 0 heterocycles. The van der Waals surface area contributed by atoms with Crippen molar-refractivity contribution in [3.63, 3.8) is 0 Å². The molecule has 1 aromatic rings. The Morgan fingerprint density at radius 2 is 2.24 bits per heavy atom. The van der Waals surface area contributed by atoms with Gasteiger partial charge in [-0.1, -0.05) is 12.5 Å². The fourth-order valence-electron chi connectivity index (χ4n) is 2.10. The predicted molar refractivity (Wildman–Crippen MR) is 66.7 cm³/mol. The molecule has 1 fully saturated rings. The molecule has 1 aliphatic rings. The molecule has 0 aliphatic heterocycles. The van der Waals surface area contributed by atoms with Crippen LogP contribution in [0, 0.1) is 11.7 Å². The molecule has 1 N–H and O–H groups in total. The Morgan fingerprint density at radius 1 is 1.47 bits per heavy atom. The molecule has 0 saturated heterocycles. The SMILES string of the molecule is COc1cc(C(C)NCC2CCC2)ccc1F. The summed E-state index contributed by atoms with van der Waals surface area (Å²) in [4.78, 5) is 0. The first kappa shape index (κ1) is 12.4. The maximum absolute atomic E-state index is 13.3. The zero-order valence-electron chi connectivity index (χ0n) is 10.5. The van der Waals surface area contributed by atoms with Gasteiger partial charge in [-0.2, -0.15) is 0 Å². The molecule has 0 amide bonds. The van der Waals surface area contributed by atoms with E-state index < -0.39 is 0 Å². The van der Waals surface area contributed by atoms with E-state index >= 15 is 0 Å². The number of nitrogens with one attached hydrogen (secondary N) is 1. The molecular formula is C14H20FNO. The highest BCUT2D eigenvalue weighted by atomic mass is 19.1. The first-order valence-corrected chi connectivity index (χ1v) is 6.27. The summed E-state index contributed by atoms with van der Waals surface area (Å²) in [6, 6.07) is 5.30. The second kappa shape index (κ2) is 5.50. The molecule has 0 aromatic heterocycles. The zero-order valence-corrected chi connectivity index (χ0v) is 10.5. The van der Waals surface area contributed by atoms with E-state index in [-0.39, 0.29) is 11.9 Å². The third-order valence-electron chi connectivity index (χ3n) is 3.61. The number of ether oxygens (including phenoxy) is 1. The summed E-state index contributed by atoms with van der Waals surface area (Å²) < 4.78 is 18.3. The van der Waals surface area contributed by atoms with E-state index in [1.807, 2.05) is 6.07 Å². The fourth-order valence-corrected chi connectivity index (χ4v) is 2.10. The van der Waals surface area contributed by atoms with Crippen molar-refractivity contribution < 1.29 is 9.13 Å². The van der Waals surface area contributed by atoms with Gasteiger partial charge in [0.25, 0.3) is 0 Å². The summed E-state index contributed by atoms with van der Waals surface area (Å²) in [5.41, 5.74) is 1.07. The minimum atomic E-state index is -0.303. The van der Waals surface area contributed by atoms with E-state index in [4.69, 9.17) is 4.74 Å². The molecule has 94 valence electrons. The lowest BCUT2D eigenvalue weighted by atomic mass is 9.85. The van der Waals surface area contributed by atoms with Gasteiger partial charge in [0.15, 0.2) is 11.6 Å². The number of hydrogen-bond acceptors (Lipinski definition) is 2. The van der Waals surface area contributed by atoms with Crippen molar-refractivity contribution in [2.75, 3.05) is 13.7 Å². The summed E-state index contributed by atoms with van der Waals surface area (Å²) >= 11 is 0. The van der Waals surface area contributed by atoms with Gasteiger partial charge in [-0.05, 0) is 49.9 Å². The molecule has 3 heteroatoms. The summed E-state index contributed by atoms with van der Waals surface area (Å²) in [7, 11) is 1.49. The van der Waals surface area contributed by atoms with E-state index in [1.165, 1.54) is 32.4 Å². The number of methoxy groups -OCH3 is 1. The Labute approximate surface area is 102 Å². The number of hydrogen-bond donors (Lipinski definition) is 1. The first-order valence-electron chi connectivity index (χ1n) is 6.27. The standard InChI is InChI=1S/C14H20FNO/c1-10(16-9-11-4-3-5-11)12-6-7-13(15)14(8-12)17-2/h6-8,10-11,16H,3-5,9H2,1-2H3. The molecule has 1 unspecified atom stereocenters. The molecule has 17 heavy (non-hydrogen) atoms. The van der Waals surface area contributed by atoms with E-state index in [0.29, 0.717) is 5.75 Å². The molecule has 0 bridgehead atoms. The van der Waals surface area contributed by atoms with Crippen LogP contribution in [-0.2, 0) is 0 Å². The van der Waals surface area contributed by atoms with Gasteiger partial charge in [-0.25, -0.2) is 4.39 Å². The Kier molecular flexibility index (Phi) is 4.00. The topological polar surface area (TPSA) is 21.3 Å². The minimum absolute atomic E-state index is 0.241. The van der Waals surface area contributed by atoms with Gasteiger partial charge in [-0.3, -0.25) is 0 Å². The third kappa shape index (κ3) is 2.97. The average Bonchev–Trinajstić information content (AvgIpc) is 2.27. The molecule has 0 radical (unpaired) electrons. The molecule has 1 aromatic carbocycles. The largest absolute Gasteiger partial charge is 0.494 e. The Morgan fingerprint density at radius 3 is 2.82 bits per heavy atom. The molecule has 2 nitrogen and oxygen atoms in total. The fraction of sp³-hybridized carbons (Fsp3) is 0.571. The van der Waals surface area contributed by atoms with E-state index in [1.54, 1.807) is 6.07 Å². The van der Waals surface area contributed by atoms with Crippen molar-refractivity contribution in [3.05, 3.63) is 29.6 Å². The predicted octanol–water partition coefficient (Wildman–Crippen LogP) is 3.29. The van der Waals surface area contributed by atoms with Gasteiger partial charge >= 0.3 is 0 Å². The Hall–Kier alpha value is -1.09. The minimum Gasteiger partial charge on any atom is -0.494 e. The number of halogens is 1. The van der Waals surface area contributed by atoms with Crippen LogP contribution in [0.25, 0.3) is 0 Å². The molecule has 0 spiro atoms. The van der Waals surface area contributed by atoms with Crippen molar-refractivity contribution in [2.24, 2.45) is 5.92 Å². The van der Waals surface area contributed by atoms with Crippen LogP contribution in [0.2, 0.25) is 0 Å². The van der Waals surface area contributed by atoms with Gasteiger partial charge in [0.05, 0.1) is 7.11 Å². The monoisotopic (exact) mass is 237 g/mol. The Bertz CT molecular complexity index is 376. The lowest BCUT2D eigenvalue weighted by Gasteiger charge is -2.27. The van der Waals surface area contributed by atoms with Crippen molar-refractivity contribution >= 4 is 0 Å². The zero-order chi connectivity index (χ0) is 12.3. The number of benzene rings is 1. The lowest BCUT2D eigenvalue weighted by Crippen LogP contribution is -2.29. The first-order chi connectivity index (χ1) is 8.20. The summed E-state index contributed by atoms with van der Waals surface area (Å²) in [6.45, 7) is 3.16. The van der Waals surface area contributed by atoms with Crippen LogP contribution in [0.4, 0.5) is 4.39 Å². The van der Waals surface area contributed by atoms with Gasteiger partial charge in [0, 0.05) is 6.04 Å². The van der Waals surface area contributed by atoms with E-state index in [2.05, 4.69) is 12.2 Å². The molecule has 1 aliphatic carbocycles. The van der Waals surface area contributed by atoms with Crippen LogP contribution in [0.1, 0.15) is 37.8 Å². The average molecular weight is 237 g/mol. The van der Waals surface area contributed by atoms with Gasteiger partial charge in [-0.15, -0.1) is 0 Å². The highest BCUT2D eigenvalue weighted by Crippen LogP contribution is 2.27. The van der Waals surface area contributed by atoms with E-state index in [0.717, 1.165) is 18.0 Å². The van der Waals surface area contributed by atoms with Crippen LogP contribution in [0.3, 0.4) is 0 Å². The van der Waals surface area contributed by atoms with Crippen LogP contribution in [-0.4, -0.2) is 13.7 Å². The molecular weight excluding hydrogens is 217 g/mol. The lowest BCUT2D eigenvalue weighted by molar-refractivity contribution is 0.292. The maximum atomic E-state index is 13.3. The molecule has 1 saturated carbocycles. The van der Waals surface area contributed by atoms with Crippen molar-refractivity contribution in [3.8, 4) is 5.75 Å². The van der Waals surface area contributed by atoms with Crippen LogP contribution in [0.15, 0.2) is 18.2 Å². The number of rotatable bonds is 5. The van der Waals surface area contributed by atoms with Gasteiger partial charge in [0.2, 0.25) is 0 Å².